The molecule has 0 aliphatic carbocycles. The molecule has 0 fully saturated rings. The van der Waals surface area contributed by atoms with Crippen LogP contribution < -0.4 is 10.1 Å². The molecule has 0 saturated heterocycles. The van der Waals surface area contributed by atoms with Crippen LogP contribution in [0.3, 0.4) is 0 Å². The average Bonchev–Trinajstić information content (AvgIpc) is 2.59. The fourth-order valence-corrected chi connectivity index (χ4v) is 2.17. The Hall–Kier alpha value is -2.47. The summed E-state index contributed by atoms with van der Waals surface area (Å²) in [6.07, 6.45) is -0.0456. The molecule has 0 aliphatic heterocycles. The van der Waals surface area contributed by atoms with Crippen molar-refractivity contribution < 1.29 is 23.4 Å². The van der Waals surface area contributed by atoms with E-state index in [9.17, 15) is 18.7 Å². The van der Waals surface area contributed by atoms with E-state index in [1.165, 1.54) is 24.3 Å². The molecule has 4 nitrogen and oxygen atoms in total. The van der Waals surface area contributed by atoms with Crippen molar-refractivity contribution in [2.75, 3.05) is 6.54 Å². The number of carbonyl (C=O) groups excluding carboxylic acids is 1. The Balaban J connectivity index is 1.89. The summed E-state index contributed by atoms with van der Waals surface area (Å²) in [6.45, 7) is -0.842. The Kier molecular flexibility index (Phi) is 6.26. The van der Waals surface area contributed by atoms with Gasteiger partial charge in [-0.15, -0.1) is 0 Å². The summed E-state index contributed by atoms with van der Waals surface area (Å²) in [5.74, 6) is -0.268. The maximum absolute atomic E-state index is 12.1. The average molecular weight is 335 g/mol. The van der Waals surface area contributed by atoms with Gasteiger partial charge in [0.1, 0.15) is 5.75 Å². The van der Waals surface area contributed by atoms with Gasteiger partial charge in [-0.3, -0.25) is 4.79 Å². The number of amides is 1. The first kappa shape index (κ1) is 17.9. The highest BCUT2D eigenvalue weighted by molar-refractivity contribution is 5.94. The zero-order chi connectivity index (χ0) is 17.5. The first-order valence-corrected chi connectivity index (χ1v) is 7.59. The molecule has 128 valence electrons. The van der Waals surface area contributed by atoms with Crippen molar-refractivity contribution in [3.05, 3.63) is 65.2 Å². The summed E-state index contributed by atoms with van der Waals surface area (Å²) >= 11 is 0. The minimum Gasteiger partial charge on any atom is -0.435 e. The molecule has 0 radical (unpaired) electrons. The van der Waals surface area contributed by atoms with Crippen LogP contribution in [0.4, 0.5) is 8.78 Å². The second kappa shape index (κ2) is 8.40. The number of hydrogen-bond donors (Lipinski definition) is 2. The van der Waals surface area contributed by atoms with Crippen molar-refractivity contribution in [2.24, 2.45) is 0 Å². The molecule has 0 aromatic heterocycles. The lowest BCUT2D eigenvalue weighted by Gasteiger charge is -2.13. The summed E-state index contributed by atoms with van der Waals surface area (Å²) in [5, 5.41) is 12.7. The number of nitrogens with one attached hydrogen (secondary N) is 1. The third kappa shape index (κ3) is 5.03. The normalized spacial score (nSPS) is 12.0. The van der Waals surface area contributed by atoms with Gasteiger partial charge in [0.2, 0.25) is 0 Å². The lowest BCUT2D eigenvalue weighted by Crippen LogP contribution is -2.28. The SMILES string of the molecule is CCc1ccc(C(=O)NCC(O)c2ccc(OC(F)F)cc2)cc1. The number of alkyl halides is 2. The molecule has 24 heavy (non-hydrogen) atoms. The van der Waals surface area contributed by atoms with Crippen LogP contribution in [0.2, 0.25) is 0 Å². The number of hydrogen-bond acceptors (Lipinski definition) is 3. The minimum absolute atomic E-state index is 0.0148. The summed E-state index contributed by atoms with van der Waals surface area (Å²) in [6, 6.07) is 12.9. The van der Waals surface area contributed by atoms with Gasteiger partial charge in [0, 0.05) is 12.1 Å². The summed E-state index contributed by atoms with van der Waals surface area (Å²) in [5.41, 5.74) is 2.15. The standard InChI is InChI=1S/C18H19F2NO3/c1-2-12-3-5-14(6-4-12)17(23)21-11-16(22)13-7-9-15(10-8-13)24-18(19)20/h3-10,16,18,22H,2,11H2,1H3,(H,21,23). The number of aliphatic hydroxyl groups is 1. The van der Waals surface area contributed by atoms with E-state index in [1.54, 1.807) is 12.1 Å². The monoisotopic (exact) mass is 335 g/mol. The highest BCUT2D eigenvalue weighted by Gasteiger charge is 2.12. The van der Waals surface area contributed by atoms with Gasteiger partial charge in [-0.1, -0.05) is 31.2 Å². The molecule has 1 unspecified atom stereocenters. The van der Waals surface area contributed by atoms with E-state index in [-0.39, 0.29) is 18.2 Å². The van der Waals surface area contributed by atoms with E-state index in [0.717, 1.165) is 12.0 Å². The molecule has 2 rings (SSSR count). The topological polar surface area (TPSA) is 58.6 Å². The lowest BCUT2D eigenvalue weighted by atomic mass is 10.1. The van der Waals surface area contributed by atoms with Crippen LogP contribution in [0.5, 0.6) is 5.75 Å². The van der Waals surface area contributed by atoms with Gasteiger partial charge in [-0.25, -0.2) is 0 Å². The van der Waals surface area contributed by atoms with Crippen LogP contribution >= 0.6 is 0 Å². The molecule has 2 N–H and O–H groups in total. The van der Waals surface area contributed by atoms with Crippen molar-refractivity contribution in [3.8, 4) is 5.75 Å². The summed E-state index contributed by atoms with van der Waals surface area (Å²) < 4.78 is 28.4. The molecule has 0 saturated carbocycles. The van der Waals surface area contributed by atoms with E-state index in [4.69, 9.17) is 0 Å². The number of carbonyl (C=O) groups is 1. The Morgan fingerprint density at radius 2 is 1.75 bits per heavy atom. The van der Waals surface area contributed by atoms with Crippen molar-refractivity contribution in [1.29, 1.82) is 0 Å². The zero-order valence-electron chi connectivity index (χ0n) is 13.2. The summed E-state index contributed by atoms with van der Waals surface area (Å²) in [7, 11) is 0. The Bertz CT molecular complexity index is 657. The molecule has 0 heterocycles. The van der Waals surface area contributed by atoms with Crippen molar-refractivity contribution in [2.45, 2.75) is 26.1 Å². The van der Waals surface area contributed by atoms with E-state index < -0.39 is 12.7 Å². The fraction of sp³-hybridized carbons (Fsp3) is 0.278. The molecular formula is C18H19F2NO3. The Morgan fingerprint density at radius 1 is 1.12 bits per heavy atom. The summed E-state index contributed by atoms with van der Waals surface area (Å²) in [4.78, 5) is 12.0. The Labute approximate surface area is 139 Å². The molecule has 0 aliphatic rings. The number of rotatable bonds is 7. The van der Waals surface area contributed by atoms with Crippen LogP contribution in [0, 0.1) is 0 Å². The maximum Gasteiger partial charge on any atom is 0.387 e. The largest absolute Gasteiger partial charge is 0.435 e. The quantitative estimate of drug-likeness (QED) is 0.816. The van der Waals surface area contributed by atoms with Crippen LogP contribution in [0.15, 0.2) is 48.5 Å². The van der Waals surface area contributed by atoms with E-state index in [0.29, 0.717) is 11.1 Å². The van der Waals surface area contributed by atoms with E-state index >= 15 is 0 Å². The lowest BCUT2D eigenvalue weighted by molar-refractivity contribution is -0.0498. The van der Waals surface area contributed by atoms with E-state index in [1.807, 2.05) is 19.1 Å². The molecule has 0 spiro atoms. The van der Waals surface area contributed by atoms with Gasteiger partial charge in [0.15, 0.2) is 0 Å². The Morgan fingerprint density at radius 3 is 2.29 bits per heavy atom. The number of benzene rings is 2. The fourth-order valence-electron chi connectivity index (χ4n) is 2.17. The van der Waals surface area contributed by atoms with E-state index in [2.05, 4.69) is 10.1 Å². The van der Waals surface area contributed by atoms with Crippen LogP contribution in [-0.4, -0.2) is 24.2 Å². The second-order valence-corrected chi connectivity index (χ2v) is 5.22. The first-order chi connectivity index (χ1) is 11.5. The van der Waals surface area contributed by atoms with Gasteiger partial charge < -0.3 is 15.2 Å². The zero-order valence-corrected chi connectivity index (χ0v) is 13.2. The van der Waals surface area contributed by atoms with Gasteiger partial charge in [0.05, 0.1) is 6.10 Å². The molecule has 2 aromatic rings. The smallest absolute Gasteiger partial charge is 0.387 e. The number of aryl methyl sites for hydroxylation is 1. The first-order valence-electron chi connectivity index (χ1n) is 7.59. The van der Waals surface area contributed by atoms with Gasteiger partial charge in [-0.05, 0) is 41.8 Å². The predicted octanol–water partition coefficient (Wildman–Crippen LogP) is 3.31. The van der Waals surface area contributed by atoms with Crippen LogP contribution in [0.25, 0.3) is 0 Å². The molecule has 2 aromatic carbocycles. The molecule has 1 atom stereocenters. The maximum atomic E-state index is 12.1. The predicted molar refractivity (Wildman–Crippen MR) is 86.2 cm³/mol. The minimum atomic E-state index is -2.89. The molecular weight excluding hydrogens is 316 g/mol. The van der Waals surface area contributed by atoms with Crippen molar-refractivity contribution >= 4 is 5.91 Å². The molecule has 1 amide bonds. The number of halogens is 2. The van der Waals surface area contributed by atoms with Gasteiger partial charge >= 0.3 is 6.61 Å². The molecule has 6 heteroatoms. The van der Waals surface area contributed by atoms with Crippen molar-refractivity contribution in [1.82, 2.24) is 5.32 Å². The third-order valence-corrected chi connectivity index (χ3v) is 3.57. The van der Waals surface area contributed by atoms with Crippen LogP contribution in [0.1, 0.15) is 34.5 Å². The van der Waals surface area contributed by atoms with Crippen LogP contribution in [-0.2, 0) is 6.42 Å². The third-order valence-electron chi connectivity index (χ3n) is 3.57. The number of aliphatic hydroxyl groups excluding tert-OH is 1. The second-order valence-electron chi connectivity index (χ2n) is 5.22. The van der Waals surface area contributed by atoms with Gasteiger partial charge in [0.25, 0.3) is 5.91 Å². The molecule has 0 bridgehead atoms. The highest BCUT2D eigenvalue weighted by Crippen LogP contribution is 2.19. The highest BCUT2D eigenvalue weighted by atomic mass is 19.3. The van der Waals surface area contributed by atoms with Gasteiger partial charge in [-0.2, -0.15) is 8.78 Å². The number of ether oxygens (including phenoxy) is 1. The van der Waals surface area contributed by atoms with Crippen molar-refractivity contribution in [3.63, 3.8) is 0 Å².